The summed E-state index contributed by atoms with van der Waals surface area (Å²) >= 11 is 0. The molecule has 0 bridgehead atoms. The van der Waals surface area contributed by atoms with Crippen molar-refractivity contribution in [2.24, 2.45) is 0 Å². The predicted molar refractivity (Wildman–Crippen MR) is 110 cm³/mol. The number of rotatable bonds is 5. The van der Waals surface area contributed by atoms with Gasteiger partial charge in [0.15, 0.2) is 0 Å². The molecule has 6 heteroatoms. The van der Waals surface area contributed by atoms with Gasteiger partial charge in [0.25, 0.3) is 0 Å². The Bertz CT molecular complexity index is 947. The maximum absolute atomic E-state index is 11.1. The van der Waals surface area contributed by atoms with E-state index in [-0.39, 0.29) is 5.91 Å². The van der Waals surface area contributed by atoms with Gasteiger partial charge in [0.2, 0.25) is 11.9 Å². The van der Waals surface area contributed by atoms with E-state index in [1.165, 1.54) is 18.1 Å². The molecule has 3 aromatic rings. The van der Waals surface area contributed by atoms with E-state index < -0.39 is 0 Å². The van der Waals surface area contributed by atoms with Gasteiger partial charge < -0.3 is 16.0 Å². The first-order chi connectivity index (χ1) is 12.9. The second-order valence-electron chi connectivity index (χ2n) is 6.60. The maximum Gasteiger partial charge on any atom is 0.229 e. The van der Waals surface area contributed by atoms with Gasteiger partial charge in [-0.3, -0.25) is 4.79 Å². The Hall–Kier alpha value is -3.41. The van der Waals surface area contributed by atoms with E-state index in [0.29, 0.717) is 11.8 Å². The fourth-order valence-corrected chi connectivity index (χ4v) is 2.85. The van der Waals surface area contributed by atoms with Crippen LogP contribution in [0, 0.1) is 20.8 Å². The van der Waals surface area contributed by atoms with Gasteiger partial charge in [-0.25, -0.2) is 4.98 Å². The third-order valence-corrected chi connectivity index (χ3v) is 3.81. The Morgan fingerprint density at radius 1 is 0.778 bits per heavy atom. The zero-order valence-corrected chi connectivity index (χ0v) is 15.9. The van der Waals surface area contributed by atoms with Gasteiger partial charge in [0.1, 0.15) is 5.82 Å². The molecule has 1 amide bonds. The molecule has 0 aliphatic carbocycles. The van der Waals surface area contributed by atoms with Crippen LogP contribution in [-0.2, 0) is 4.79 Å². The number of benzene rings is 2. The lowest BCUT2D eigenvalue weighted by Crippen LogP contribution is -2.05. The normalized spacial score (nSPS) is 10.4. The van der Waals surface area contributed by atoms with E-state index in [0.717, 1.165) is 22.8 Å². The van der Waals surface area contributed by atoms with E-state index in [1.807, 2.05) is 37.3 Å². The molecule has 1 heterocycles. The Morgan fingerprint density at radius 3 is 2.04 bits per heavy atom. The van der Waals surface area contributed by atoms with Crippen LogP contribution in [0.15, 0.2) is 48.5 Å². The Morgan fingerprint density at radius 2 is 1.41 bits per heavy atom. The lowest BCUT2D eigenvalue weighted by Gasteiger charge is -2.11. The third-order valence-electron chi connectivity index (χ3n) is 3.81. The Labute approximate surface area is 159 Å². The number of anilines is 5. The molecule has 0 saturated carbocycles. The van der Waals surface area contributed by atoms with Crippen LogP contribution < -0.4 is 16.0 Å². The summed E-state index contributed by atoms with van der Waals surface area (Å²) in [5, 5.41) is 9.29. The molecule has 3 rings (SSSR count). The fourth-order valence-electron chi connectivity index (χ4n) is 2.85. The van der Waals surface area contributed by atoms with Gasteiger partial charge in [-0.1, -0.05) is 6.07 Å². The SMILES string of the molecule is CC(=O)Nc1ccc(Nc2cc(C)nc(Nc3cc(C)cc(C)c3)n2)cc1. The molecule has 0 spiro atoms. The van der Waals surface area contributed by atoms with Gasteiger partial charge in [0, 0.05) is 35.7 Å². The monoisotopic (exact) mass is 361 g/mol. The van der Waals surface area contributed by atoms with Gasteiger partial charge in [-0.2, -0.15) is 4.98 Å². The van der Waals surface area contributed by atoms with E-state index in [9.17, 15) is 4.79 Å². The lowest BCUT2D eigenvalue weighted by molar-refractivity contribution is -0.114. The molecule has 2 aromatic carbocycles. The molecule has 138 valence electrons. The molecular formula is C21H23N5O. The number of hydrogen-bond donors (Lipinski definition) is 3. The van der Waals surface area contributed by atoms with E-state index in [4.69, 9.17) is 0 Å². The van der Waals surface area contributed by atoms with E-state index >= 15 is 0 Å². The van der Waals surface area contributed by atoms with Crippen LogP contribution in [0.5, 0.6) is 0 Å². The highest BCUT2D eigenvalue weighted by Gasteiger charge is 2.05. The number of amides is 1. The van der Waals surface area contributed by atoms with Crippen molar-refractivity contribution in [3.05, 3.63) is 65.4 Å². The summed E-state index contributed by atoms with van der Waals surface area (Å²) in [5.74, 6) is 1.14. The molecule has 1 aromatic heterocycles. The molecule has 0 aliphatic rings. The Balaban J connectivity index is 1.77. The van der Waals surface area contributed by atoms with Gasteiger partial charge in [-0.15, -0.1) is 0 Å². The molecule has 3 N–H and O–H groups in total. The predicted octanol–water partition coefficient (Wildman–Crippen LogP) is 4.85. The molecule has 0 aliphatic heterocycles. The second-order valence-corrected chi connectivity index (χ2v) is 6.60. The van der Waals surface area contributed by atoms with Crippen LogP contribution >= 0.6 is 0 Å². The summed E-state index contributed by atoms with van der Waals surface area (Å²) in [6, 6.07) is 15.6. The van der Waals surface area contributed by atoms with Crippen LogP contribution in [0.4, 0.5) is 28.8 Å². The molecular weight excluding hydrogens is 338 g/mol. The average molecular weight is 361 g/mol. The topological polar surface area (TPSA) is 78.9 Å². The molecule has 0 saturated heterocycles. The van der Waals surface area contributed by atoms with Gasteiger partial charge in [0.05, 0.1) is 0 Å². The zero-order valence-electron chi connectivity index (χ0n) is 15.9. The standard InChI is InChI=1S/C21H23N5O/c1-13-9-14(2)11-19(10-13)25-21-22-15(3)12-20(26-21)24-18-7-5-17(6-8-18)23-16(4)27/h5-12H,1-4H3,(H,23,27)(H2,22,24,25,26). The van der Waals surface area contributed by atoms with Crippen LogP contribution in [0.25, 0.3) is 0 Å². The Kier molecular flexibility index (Phi) is 5.35. The molecule has 6 nitrogen and oxygen atoms in total. The lowest BCUT2D eigenvalue weighted by atomic mass is 10.1. The number of hydrogen-bond acceptors (Lipinski definition) is 5. The summed E-state index contributed by atoms with van der Waals surface area (Å²) < 4.78 is 0. The highest BCUT2D eigenvalue weighted by atomic mass is 16.1. The van der Waals surface area contributed by atoms with Crippen molar-refractivity contribution >= 4 is 34.7 Å². The van der Waals surface area contributed by atoms with Crippen molar-refractivity contribution in [1.29, 1.82) is 0 Å². The van der Waals surface area contributed by atoms with Crippen molar-refractivity contribution in [1.82, 2.24) is 9.97 Å². The van der Waals surface area contributed by atoms with E-state index in [1.54, 1.807) is 0 Å². The maximum atomic E-state index is 11.1. The minimum Gasteiger partial charge on any atom is -0.340 e. The van der Waals surface area contributed by atoms with Crippen molar-refractivity contribution in [3.63, 3.8) is 0 Å². The van der Waals surface area contributed by atoms with E-state index in [2.05, 4.69) is 58.0 Å². The number of carbonyl (C=O) groups is 1. The average Bonchev–Trinajstić information content (AvgIpc) is 2.54. The van der Waals surface area contributed by atoms with Crippen LogP contribution in [0.1, 0.15) is 23.7 Å². The van der Waals surface area contributed by atoms with Gasteiger partial charge in [-0.05, 0) is 68.3 Å². The first-order valence-electron chi connectivity index (χ1n) is 8.73. The largest absolute Gasteiger partial charge is 0.340 e. The summed E-state index contributed by atoms with van der Waals surface area (Å²) in [6.07, 6.45) is 0. The summed E-state index contributed by atoms with van der Waals surface area (Å²) in [4.78, 5) is 20.1. The van der Waals surface area contributed by atoms with Crippen molar-refractivity contribution < 1.29 is 4.79 Å². The molecule has 27 heavy (non-hydrogen) atoms. The molecule has 0 fully saturated rings. The number of carbonyl (C=O) groups excluding carboxylic acids is 1. The summed E-state index contributed by atoms with van der Waals surface area (Å²) in [7, 11) is 0. The zero-order chi connectivity index (χ0) is 19.4. The number of nitrogens with one attached hydrogen (secondary N) is 3. The molecule has 0 unspecified atom stereocenters. The molecule has 0 radical (unpaired) electrons. The van der Waals surface area contributed by atoms with Crippen molar-refractivity contribution in [2.75, 3.05) is 16.0 Å². The van der Waals surface area contributed by atoms with Crippen LogP contribution in [0.3, 0.4) is 0 Å². The minimum atomic E-state index is -0.0933. The summed E-state index contributed by atoms with van der Waals surface area (Å²) in [6.45, 7) is 7.54. The number of aryl methyl sites for hydroxylation is 3. The third kappa shape index (κ3) is 5.28. The first kappa shape index (κ1) is 18.4. The first-order valence-corrected chi connectivity index (χ1v) is 8.73. The fraction of sp³-hybridized carbons (Fsp3) is 0.190. The summed E-state index contributed by atoms with van der Waals surface area (Å²) in [5.41, 5.74) is 5.81. The second kappa shape index (κ2) is 7.86. The van der Waals surface area contributed by atoms with Gasteiger partial charge >= 0.3 is 0 Å². The smallest absolute Gasteiger partial charge is 0.229 e. The number of aromatic nitrogens is 2. The van der Waals surface area contributed by atoms with Crippen molar-refractivity contribution in [2.45, 2.75) is 27.7 Å². The van der Waals surface area contributed by atoms with Crippen LogP contribution in [0.2, 0.25) is 0 Å². The highest BCUT2D eigenvalue weighted by molar-refractivity contribution is 5.88. The van der Waals surface area contributed by atoms with Crippen LogP contribution in [-0.4, -0.2) is 15.9 Å². The quantitative estimate of drug-likeness (QED) is 0.605. The number of nitrogens with zero attached hydrogens (tertiary/aromatic N) is 2. The van der Waals surface area contributed by atoms with Crippen molar-refractivity contribution in [3.8, 4) is 0 Å². The minimum absolute atomic E-state index is 0.0933. The highest BCUT2D eigenvalue weighted by Crippen LogP contribution is 2.22. The molecule has 0 atom stereocenters.